The summed E-state index contributed by atoms with van der Waals surface area (Å²) in [4.78, 5) is 6.63. The van der Waals surface area contributed by atoms with E-state index in [1.807, 2.05) is 0 Å². The van der Waals surface area contributed by atoms with Crippen LogP contribution in [-0.4, -0.2) is 42.7 Å². The number of fused-ring (bicyclic) bond motifs is 1. The fraction of sp³-hybridized carbons (Fsp3) is 0.600. The van der Waals surface area contributed by atoms with E-state index in [1.165, 1.54) is 0 Å². The van der Waals surface area contributed by atoms with Gasteiger partial charge in [-0.1, -0.05) is 11.6 Å². The van der Waals surface area contributed by atoms with Gasteiger partial charge in [-0.2, -0.15) is 5.26 Å². The van der Waals surface area contributed by atoms with Crippen molar-refractivity contribution < 1.29 is 4.74 Å². The predicted molar refractivity (Wildman–Crippen MR) is 81.5 cm³/mol. The van der Waals surface area contributed by atoms with E-state index in [4.69, 9.17) is 16.3 Å². The Morgan fingerprint density at radius 1 is 1.52 bits per heavy atom. The number of aromatic nitrogens is 1. The van der Waals surface area contributed by atoms with Crippen LogP contribution in [0.5, 0.6) is 0 Å². The minimum atomic E-state index is 0.248. The molecule has 1 atom stereocenters. The van der Waals surface area contributed by atoms with Gasteiger partial charge in [-0.3, -0.25) is 0 Å². The van der Waals surface area contributed by atoms with Gasteiger partial charge in [0.2, 0.25) is 0 Å². The molecule has 21 heavy (non-hydrogen) atoms. The quantitative estimate of drug-likeness (QED) is 0.867. The number of hydrogen-bond acceptors (Lipinski definition) is 5. The van der Waals surface area contributed by atoms with Crippen molar-refractivity contribution in [1.82, 2.24) is 9.88 Å². The van der Waals surface area contributed by atoms with Crippen LogP contribution < -0.4 is 5.32 Å². The topological polar surface area (TPSA) is 61.2 Å². The average Bonchev–Trinajstić information content (AvgIpc) is 2.98. The van der Waals surface area contributed by atoms with Crippen molar-refractivity contribution in [2.75, 3.05) is 32.1 Å². The molecule has 0 unspecified atom stereocenters. The van der Waals surface area contributed by atoms with E-state index in [1.54, 1.807) is 0 Å². The van der Waals surface area contributed by atoms with E-state index in [9.17, 15) is 5.26 Å². The third-order valence-corrected chi connectivity index (χ3v) is 4.45. The van der Waals surface area contributed by atoms with Gasteiger partial charge in [0, 0.05) is 31.8 Å². The molecule has 1 N–H and O–H groups in total. The Labute approximate surface area is 129 Å². The maximum atomic E-state index is 9.31. The highest BCUT2D eigenvalue weighted by atomic mass is 35.5. The molecule has 1 fully saturated rings. The van der Waals surface area contributed by atoms with Gasteiger partial charge in [-0.25, -0.2) is 4.98 Å². The second kappa shape index (κ2) is 6.18. The normalized spacial score (nSPS) is 21.9. The molecular weight excluding hydrogens is 288 g/mol. The lowest BCUT2D eigenvalue weighted by molar-refractivity contribution is 0.120. The molecule has 2 aliphatic heterocycles. The summed E-state index contributed by atoms with van der Waals surface area (Å²) in [6.07, 6.45) is 3.29. The summed E-state index contributed by atoms with van der Waals surface area (Å²) in [5.74, 6) is 0.802. The van der Waals surface area contributed by atoms with Gasteiger partial charge in [-0.15, -0.1) is 0 Å². The van der Waals surface area contributed by atoms with E-state index in [0.717, 1.165) is 62.4 Å². The third kappa shape index (κ3) is 2.98. The molecule has 3 heterocycles. The first-order chi connectivity index (χ1) is 10.2. The molecule has 6 heteroatoms. The number of likely N-dealkylation sites (N-methyl/N-ethyl adjacent to an activating group) is 1. The van der Waals surface area contributed by atoms with Crippen LogP contribution in [0.15, 0.2) is 0 Å². The molecule has 0 radical (unpaired) electrons. The highest BCUT2D eigenvalue weighted by molar-refractivity contribution is 6.30. The van der Waals surface area contributed by atoms with Crippen LogP contribution in [0.1, 0.15) is 29.5 Å². The monoisotopic (exact) mass is 306 g/mol. The van der Waals surface area contributed by atoms with Gasteiger partial charge in [0.15, 0.2) is 0 Å². The lowest BCUT2D eigenvalue weighted by Gasteiger charge is -2.28. The van der Waals surface area contributed by atoms with Gasteiger partial charge < -0.3 is 15.0 Å². The summed E-state index contributed by atoms with van der Waals surface area (Å²) in [5, 5.41) is 13.0. The fourth-order valence-corrected chi connectivity index (χ4v) is 3.25. The summed E-state index contributed by atoms with van der Waals surface area (Å²) < 4.78 is 5.63. The Balaban J connectivity index is 1.88. The summed E-state index contributed by atoms with van der Waals surface area (Å²) in [6, 6.07) is 2.20. The number of nitrogens with zero attached hydrogens (tertiary/aromatic N) is 3. The number of rotatable bonds is 3. The molecular formula is C15H19ClN4O. The van der Waals surface area contributed by atoms with Crippen LogP contribution in [0.3, 0.4) is 0 Å². The zero-order valence-corrected chi connectivity index (χ0v) is 12.9. The molecule has 0 amide bonds. The molecule has 0 spiro atoms. The van der Waals surface area contributed by atoms with Crippen molar-refractivity contribution in [3.8, 4) is 6.07 Å². The minimum absolute atomic E-state index is 0.248. The Hall–Kier alpha value is -1.35. The minimum Gasteiger partial charge on any atom is -0.376 e. The molecule has 1 saturated heterocycles. The highest BCUT2D eigenvalue weighted by Crippen LogP contribution is 2.31. The average molecular weight is 307 g/mol. The zero-order valence-electron chi connectivity index (χ0n) is 12.2. The van der Waals surface area contributed by atoms with Gasteiger partial charge in [0.25, 0.3) is 0 Å². The largest absolute Gasteiger partial charge is 0.376 e. The van der Waals surface area contributed by atoms with E-state index in [-0.39, 0.29) is 6.10 Å². The van der Waals surface area contributed by atoms with Gasteiger partial charge in [0.05, 0.1) is 11.7 Å². The van der Waals surface area contributed by atoms with Crippen molar-refractivity contribution >= 4 is 17.4 Å². The molecule has 112 valence electrons. The summed E-state index contributed by atoms with van der Waals surface area (Å²) >= 11 is 6.18. The molecule has 2 aliphatic rings. The number of hydrogen-bond donors (Lipinski definition) is 1. The first kappa shape index (κ1) is 14.6. The molecule has 0 aromatic carbocycles. The van der Waals surface area contributed by atoms with Gasteiger partial charge in [0.1, 0.15) is 17.0 Å². The molecule has 0 saturated carbocycles. The number of nitrogens with one attached hydrogen (secondary N) is 1. The van der Waals surface area contributed by atoms with Gasteiger partial charge >= 0.3 is 0 Å². The highest BCUT2D eigenvalue weighted by Gasteiger charge is 2.24. The Bertz CT molecular complexity index is 578. The first-order valence-electron chi connectivity index (χ1n) is 7.34. The fourth-order valence-electron chi connectivity index (χ4n) is 3.01. The van der Waals surface area contributed by atoms with Gasteiger partial charge in [-0.05, 0) is 31.9 Å². The van der Waals surface area contributed by atoms with Crippen LogP contribution >= 0.6 is 11.6 Å². The standard InChI is InChI=1S/C15H19ClN4O/c1-20-5-4-11-12(7-17)14(16)19-15(13(11)9-20)18-8-10-3-2-6-21-10/h10H,2-6,8-9H2,1H3,(H,18,19)/t10-/m1/s1. The number of nitriles is 1. The molecule has 1 aromatic rings. The van der Waals surface area contributed by atoms with E-state index in [0.29, 0.717) is 10.7 Å². The third-order valence-electron chi connectivity index (χ3n) is 4.17. The Morgan fingerprint density at radius 3 is 3.10 bits per heavy atom. The number of halogens is 1. The number of pyridine rings is 1. The van der Waals surface area contributed by atoms with Crippen molar-refractivity contribution in [3.63, 3.8) is 0 Å². The van der Waals surface area contributed by atoms with Crippen LogP contribution in [-0.2, 0) is 17.7 Å². The predicted octanol–water partition coefficient (Wildman–Crippen LogP) is 2.19. The van der Waals surface area contributed by atoms with E-state index in [2.05, 4.69) is 28.3 Å². The molecule has 0 bridgehead atoms. The number of anilines is 1. The maximum absolute atomic E-state index is 9.31. The van der Waals surface area contributed by atoms with Crippen molar-refractivity contribution in [1.29, 1.82) is 5.26 Å². The maximum Gasteiger partial charge on any atom is 0.149 e. The molecule has 3 rings (SSSR count). The van der Waals surface area contributed by atoms with Crippen molar-refractivity contribution in [2.45, 2.75) is 31.9 Å². The first-order valence-corrected chi connectivity index (χ1v) is 7.72. The SMILES string of the molecule is CN1CCc2c(C#N)c(Cl)nc(NC[C@H]3CCCO3)c2C1. The Kier molecular flexibility index (Phi) is 4.29. The van der Waals surface area contributed by atoms with Crippen LogP contribution in [0.4, 0.5) is 5.82 Å². The van der Waals surface area contributed by atoms with E-state index >= 15 is 0 Å². The van der Waals surface area contributed by atoms with E-state index < -0.39 is 0 Å². The smallest absolute Gasteiger partial charge is 0.149 e. The summed E-state index contributed by atoms with van der Waals surface area (Å²) in [7, 11) is 2.08. The molecule has 0 aliphatic carbocycles. The van der Waals surface area contributed by atoms with Crippen LogP contribution in [0.2, 0.25) is 5.15 Å². The summed E-state index contributed by atoms with van der Waals surface area (Å²) in [6.45, 7) is 3.31. The van der Waals surface area contributed by atoms with Crippen LogP contribution in [0.25, 0.3) is 0 Å². The Morgan fingerprint density at radius 2 is 2.38 bits per heavy atom. The summed E-state index contributed by atoms with van der Waals surface area (Å²) in [5.41, 5.74) is 2.68. The van der Waals surface area contributed by atoms with Crippen LogP contribution in [0, 0.1) is 11.3 Å². The molecule has 5 nitrogen and oxygen atoms in total. The second-order valence-corrected chi connectivity index (χ2v) is 6.06. The zero-order chi connectivity index (χ0) is 14.8. The second-order valence-electron chi connectivity index (χ2n) is 5.70. The van der Waals surface area contributed by atoms with Crippen molar-refractivity contribution in [3.05, 3.63) is 21.8 Å². The lowest BCUT2D eigenvalue weighted by Crippen LogP contribution is -2.29. The van der Waals surface area contributed by atoms with Crippen molar-refractivity contribution in [2.24, 2.45) is 0 Å². The number of ether oxygens (including phenoxy) is 1. The lowest BCUT2D eigenvalue weighted by atomic mass is 9.97. The molecule has 1 aromatic heterocycles.